The second-order valence-electron chi connectivity index (χ2n) is 7.61. The number of hydrogen-bond donors (Lipinski definition) is 1. The average Bonchev–Trinajstić information content (AvgIpc) is 3.00. The minimum Gasteiger partial charge on any atom is -0.481 e. The van der Waals surface area contributed by atoms with Crippen molar-refractivity contribution in [3.63, 3.8) is 0 Å². The number of aliphatic carboxylic acids is 1. The first-order chi connectivity index (χ1) is 13.0. The Morgan fingerprint density at radius 1 is 1.33 bits per heavy atom. The molecule has 8 heteroatoms. The molecule has 1 N–H and O–H groups in total. The van der Waals surface area contributed by atoms with Gasteiger partial charge in [0.05, 0.1) is 24.5 Å². The first-order valence-electron chi connectivity index (χ1n) is 9.43. The summed E-state index contributed by atoms with van der Waals surface area (Å²) in [5.74, 6) is -0.199. The van der Waals surface area contributed by atoms with Gasteiger partial charge in [0, 0.05) is 17.3 Å². The number of aromatic nitrogens is 2. The molecule has 0 aromatic carbocycles. The van der Waals surface area contributed by atoms with Crippen LogP contribution in [0.2, 0.25) is 0 Å². The van der Waals surface area contributed by atoms with Crippen LogP contribution in [0.5, 0.6) is 5.88 Å². The second kappa shape index (κ2) is 7.69. The number of rotatable bonds is 5. The van der Waals surface area contributed by atoms with E-state index in [0.29, 0.717) is 24.9 Å². The van der Waals surface area contributed by atoms with E-state index in [-0.39, 0.29) is 18.6 Å². The van der Waals surface area contributed by atoms with Gasteiger partial charge in [0.2, 0.25) is 5.88 Å². The number of nitrogens with zero attached hydrogens (tertiary/aromatic N) is 3. The second-order valence-corrected chi connectivity index (χ2v) is 8.69. The molecule has 1 atom stereocenters. The molecule has 0 bridgehead atoms. The molecule has 2 aromatic heterocycles. The van der Waals surface area contributed by atoms with Crippen molar-refractivity contribution in [2.45, 2.75) is 63.4 Å². The van der Waals surface area contributed by atoms with Crippen molar-refractivity contribution in [3.05, 3.63) is 16.8 Å². The van der Waals surface area contributed by atoms with Crippen LogP contribution in [-0.2, 0) is 22.6 Å². The van der Waals surface area contributed by atoms with Gasteiger partial charge >= 0.3 is 5.97 Å². The molecule has 1 aliphatic heterocycles. The van der Waals surface area contributed by atoms with E-state index in [4.69, 9.17) is 14.6 Å². The van der Waals surface area contributed by atoms with Crippen LogP contribution in [0.3, 0.4) is 0 Å². The van der Waals surface area contributed by atoms with Crippen molar-refractivity contribution < 1.29 is 19.4 Å². The lowest BCUT2D eigenvalue weighted by Crippen LogP contribution is -2.35. The third kappa shape index (κ3) is 3.93. The number of carboxylic acids is 1. The lowest BCUT2D eigenvalue weighted by atomic mass is 9.92. The van der Waals surface area contributed by atoms with Crippen molar-refractivity contribution >= 4 is 27.5 Å². The molecule has 0 spiro atoms. The third-order valence-electron chi connectivity index (χ3n) is 5.57. The quantitative estimate of drug-likeness (QED) is 0.839. The Labute approximate surface area is 162 Å². The Kier molecular flexibility index (Phi) is 5.29. The van der Waals surface area contributed by atoms with Crippen LogP contribution in [0.15, 0.2) is 6.33 Å². The summed E-state index contributed by atoms with van der Waals surface area (Å²) in [4.78, 5) is 24.2. The molecule has 1 fully saturated rings. The number of hydrogen-bond acceptors (Lipinski definition) is 7. The number of carboxylic acid groups (broad SMARTS) is 1. The van der Waals surface area contributed by atoms with Gasteiger partial charge in [0.25, 0.3) is 0 Å². The fraction of sp³-hybridized carbons (Fsp3) is 0.632. The number of ether oxygens (including phenoxy) is 2. The molecular weight excluding hydrogens is 366 g/mol. The number of fused-ring (bicyclic) bond motifs is 3. The lowest BCUT2D eigenvalue weighted by molar-refractivity contribution is -0.140. The van der Waals surface area contributed by atoms with E-state index in [2.05, 4.69) is 29.0 Å². The van der Waals surface area contributed by atoms with Crippen molar-refractivity contribution in [3.8, 4) is 5.88 Å². The number of thiophene rings is 1. The highest BCUT2D eigenvalue weighted by Crippen LogP contribution is 2.40. The van der Waals surface area contributed by atoms with Crippen LogP contribution < -0.4 is 4.74 Å². The summed E-state index contributed by atoms with van der Waals surface area (Å²) in [5.41, 5.74) is 1.10. The Balaban J connectivity index is 1.56. The van der Waals surface area contributed by atoms with Gasteiger partial charge in [0.1, 0.15) is 17.3 Å². The maximum Gasteiger partial charge on any atom is 0.305 e. The molecule has 1 aliphatic carbocycles. The molecule has 4 rings (SSSR count). The standard InChI is InChI=1S/C19H25N3O4S/c1-22(2)11-3-5-12(6-4-11)26-18-17-14-7-13(8-16(23)24)25-9-15(14)27-19(17)21-10-20-18/h10-13H,3-9H2,1-2H3,(H,23,24)/t11-,12-,13?. The first-order valence-corrected chi connectivity index (χ1v) is 10.2. The molecule has 1 unspecified atom stereocenters. The van der Waals surface area contributed by atoms with Gasteiger partial charge in [0.15, 0.2) is 0 Å². The van der Waals surface area contributed by atoms with Crippen molar-refractivity contribution in [2.75, 3.05) is 14.1 Å². The zero-order valence-electron chi connectivity index (χ0n) is 15.7. The summed E-state index contributed by atoms with van der Waals surface area (Å²) in [6.07, 6.45) is 6.29. The molecule has 0 radical (unpaired) electrons. The molecule has 27 heavy (non-hydrogen) atoms. The highest BCUT2D eigenvalue weighted by atomic mass is 32.1. The van der Waals surface area contributed by atoms with Crippen molar-refractivity contribution in [2.24, 2.45) is 0 Å². The molecule has 2 aromatic rings. The molecule has 146 valence electrons. The van der Waals surface area contributed by atoms with Gasteiger partial charge in [-0.25, -0.2) is 9.97 Å². The predicted molar refractivity (Wildman–Crippen MR) is 102 cm³/mol. The minimum absolute atomic E-state index is 0.00914. The predicted octanol–water partition coefficient (Wildman–Crippen LogP) is 2.86. The van der Waals surface area contributed by atoms with Crippen LogP contribution in [0.1, 0.15) is 42.5 Å². The SMILES string of the molecule is CN(C)[C@H]1CC[C@H](Oc2ncnc3sc4c(c23)CC(CC(=O)O)OC4)CC1. The monoisotopic (exact) mass is 391 g/mol. The van der Waals surface area contributed by atoms with E-state index in [0.717, 1.165) is 46.3 Å². The highest BCUT2D eigenvalue weighted by molar-refractivity contribution is 7.18. The van der Waals surface area contributed by atoms with Crippen LogP contribution in [0.25, 0.3) is 10.2 Å². The fourth-order valence-electron chi connectivity index (χ4n) is 4.07. The van der Waals surface area contributed by atoms with Gasteiger partial charge in [-0.05, 0) is 45.3 Å². The van der Waals surface area contributed by atoms with E-state index in [1.165, 1.54) is 0 Å². The molecule has 2 aliphatic rings. The van der Waals surface area contributed by atoms with Crippen LogP contribution in [-0.4, -0.2) is 58.3 Å². The van der Waals surface area contributed by atoms with E-state index in [1.54, 1.807) is 17.7 Å². The topological polar surface area (TPSA) is 84.8 Å². The maximum atomic E-state index is 11.1. The molecular formula is C19H25N3O4S. The Hall–Kier alpha value is -1.77. The van der Waals surface area contributed by atoms with Gasteiger partial charge in [-0.3, -0.25) is 4.79 Å². The summed E-state index contributed by atoms with van der Waals surface area (Å²) in [6, 6.07) is 0.623. The Bertz CT molecular complexity index is 830. The van der Waals surface area contributed by atoms with Crippen LogP contribution in [0.4, 0.5) is 0 Å². The van der Waals surface area contributed by atoms with Gasteiger partial charge in [-0.15, -0.1) is 11.3 Å². The van der Waals surface area contributed by atoms with E-state index >= 15 is 0 Å². The summed E-state index contributed by atoms with van der Waals surface area (Å²) in [6.45, 7) is 0.432. The van der Waals surface area contributed by atoms with E-state index in [9.17, 15) is 4.79 Å². The largest absolute Gasteiger partial charge is 0.481 e. The molecule has 7 nitrogen and oxygen atoms in total. The molecule has 1 saturated carbocycles. The maximum absolute atomic E-state index is 11.1. The third-order valence-corrected chi connectivity index (χ3v) is 6.69. The van der Waals surface area contributed by atoms with Gasteiger partial charge in [-0.1, -0.05) is 0 Å². The summed E-state index contributed by atoms with van der Waals surface area (Å²) in [7, 11) is 4.26. The molecule has 0 amide bonds. The first kappa shape index (κ1) is 18.6. The van der Waals surface area contributed by atoms with Gasteiger partial charge < -0.3 is 19.5 Å². The average molecular weight is 391 g/mol. The lowest BCUT2D eigenvalue weighted by Gasteiger charge is -2.32. The normalized spacial score (nSPS) is 25.5. The summed E-state index contributed by atoms with van der Waals surface area (Å²) in [5, 5.41) is 10.0. The fourth-order valence-corrected chi connectivity index (χ4v) is 5.15. The summed E-state index contributed by atoms with van der Waals surface area (Å²) < 4.78 is 12.0. The van der Waals surface area contributed by atoms with Crippen LogP contribution in [0, 0.1) is 0 Å². The van der Waals surface area contributed by atoms with Crippen molar-refractivity contribution in [1.29, 1.82) is 0 Å². The smallest absolute Gasteiger partial charge is 0.305 e. The number of carbonyl (C=O) groups is 1. The van der Waals surface area contributed by atoms with Gasteiger partial charge in [-0.2, -0.15) is 0 Å². The zero-order valence-corrected chi connectivity index (χ0v) is 16.5. The Morgan fingerprint density at radius 3 is 2.81 bits per heavy atom. The van der Waals surface area contributed by atoms with Crippen LogP contribution >= 0.6 is 11.3 Å². The highest BCUT2D eigenvalue weighted by Gasteiger charge is 2.29. The van der Waals surface area contributed by atoms with E-state index in [1.807, 2.05) is 0 Å². The molecule has 0 saturated heterocycles. The minimum atomic E-state index is -0.839. The summed E-state index contributed by atoms with van der Waals surface area (Å²) >= 11 is 1.59. The van der Waals surface area contributed by atoms with Crippen molar-refractivity contribution in [1.82, 2.24) is 14.9 Å². The van der Waals surface area contributed by atoms with E-state index < -0.39 is 5.97 Å². The Morgan fingerprint density at radius 2 is 2.11 bits per heavy atom. The molecule has 3 heterocycles. The zero-order chi connectivity index (χ0) is 19.0.